The van der Waals surface area contributed by atoms with Crippen molar-refractivity contribution in [3.63, 3.8) is 0 Å². The lowest BCUT2D eigenvalue weighted by molar-refractivity contribution is -0.0456. The summed E-state index contributed by atoms with van der Waals surface area (Å²) in [5.41, 5.74) is -0.0255. The van der Waals surface area contributed by atoms with Crippen molar-refractivity contribution in [3.8, 4) is 0 Å². The molecule has 0 saturated carbocycles. The first-order valence-electron chi connectivity index (χ1n) is 4.37. The molecular weight excluding hydrogens is 253 g/mol. The van der Waals surface area contributed by atoms with Crippen LogP contribution in [-0.4, -0.2) is 15.2 Å². The van der Waals surface area contributed by atoms with Crippen LogP contribution in [0, 0.1) is 0 Å². The Bertz CT molecular complexity index is 607. The van der Waals surface area contributed by atoms with Crippen molar-refractivity contribution in [2.24, 2.45) is 0 Å². The second-order valence-corrected chi connectivity index (χ2v) is 4.12. The lowest BCUT2D eigenvalue weighted by atomic mass is 10.2. The van der Waals surface area contributed by atoms with Gasteiger partial charge in [0.15, 0.2) is 11.7 Å². The van der Waals surface area contributed by atoms with E-state index in [1.54, 1.807) is 0 Å². The van der Waals surface area contributed by atoms with E-state index in [4.69, 9.17) is 33.4 Å². The second kappa shape index (κ2) is 4.07. The number of halogens is 2. The molecule has 2 aromatic rings. The number of nitrogens with one attached hydrogen (secondary N) is 1. The van der Waals surface area contributed by atoms with Gasteiger partial charge in [0.2, 0.25) is 0 Å². The molecule has 0 unspecified atom stereocenters. The van der Waals surface area contributed by atoms with Gasteiger partial charge in [0.05, 0.1) is 21.6 Å². The number of hydrogen-bond acceptors (Lipinski definition) is 3. The van der Waals surface area contributed by atoms with E-state index < -0.39 is 11.7 Å². The predicted octanol–water partition coefficient (Wildman–Crippen LogP) is 1.82. The summed E-state index contributed by atoms with van der Waals surface area (Å²) in [6.45, 7) is 0. The largest absolute Gasteiger partial charge is 0.363 e. The smallest absolute Gasteiger partial charge is 0.194 e. The number of aromatic nitrogens is 1. The van der Waals surface area contributed by atoms with Crippen LogP contribution in [0.3, 0.4) is 0 Å². The number of rotatable bonds is 1. The first kappa shape index (κ1) is 11.4. The number of aliphatic hydroxyl groups excluding tert-OH is 1. The predicted molar refractivity (Wildman–Crippen MR) is 61.8 cm³/mol. The van der Waals surface area contributed by atoms with Crippen LogP contribution in [0.5, 0.6) is 0 Å². The van der Waals surface area contributed by atoms with Gasteiger partial charge in [0.25, 0.3) is 0 Å². The van der Waals surface area contributed by atoms with Crippen LogP contribution >= 0.6 is 23.2 Å². The fourth-order valence-electron chi connectivity index (χ4n) is 1.47. The molecule has 0 atom stereocenters. The monoisotopic (exact) mass is 259 g/mol. The van der Waals surface area contributed by atoms with E-state index in [-0.39, 0.29) is 16.1 Å². The highest BCUT2D eigenvalue weighted by Gasteiger charge is 2.10. The Balaban J connectivity index is 2.87. The van der Waals surface area contributed by atoms with Crippen LogP contribution in [0.4, 0.5) is 0 Å². The first-order valence-corrected chi connectivity index (χ1v) is 5.13. The average molecular weight is 260 g/mol. The quantitative estimate of drug-likeness (QED) is 0.684. The molecule has 1 heterocycles. The maximum Gasteiger partial charge on any atom is 0.194 e. The fourth-order valence-corrected chi connectivity index (χ4v) is 2.05. The number of fused-ring (bicyclic) bond motifs is 1. The van der Waals surface area contributed by atoms with Gasteiger partial charge >= 0.3 is 0 Å². The van der Waals surface area contributed by atoms with Gasteiger partial charge in [0, 0.05) is 11.1 Å². The molecule has 0 radical (unpaired) electrons. The Morgan fingerprint density at radius 3 is 2.50 bits per heavy atom. The van der Waals surface area contributed by atoms with Crippen molar-refractivity contribution in [3.05, 3.63) is 44.2 Å². The Morgan fingerprint density at radius 1 is 1.19 bits per heavy atom. The third kappa shape index (κ3) is 1.92. The highest BCUT2D eigenvalue weighted by atomic mass is 35.5. The van der Waals surface area contributed by atoms with Crippen LogP contribution in [0.25, 0.3) is 10.9 Å². The van der Waals surface area contributed by atoms with E-state index in [0.29, 0.717) is 10.5 Å². The van der Waals surface area contributed by atoms with Crippen molar-refractivity contribution < 1.29 is 10.2 Å². The standard InChI is InChI=1S/C10H7Cl2NO3/c11-4-1-5(12)9-6(2-4)13-7(10(15)16)3-8(9)14/h1-3,10,15-16H,(H,13,14). The average Bonchev–Trinajstić information content (AvgIpc) is 2.15. The summed E-state index contributed by atoms with van der Waals surface area (Å²) in [5.74, 6) is 0. The highest BCUT2D eigenvalue weighted by Crippen LogP contribution is 2.25. The van der Waals surface area contributed by atoms with Crippen molar-refractivity contribution in [1.29, 1.82) is 0 Å². The number of aliphatic hydroxyl groups is 2. The third-order valence-corrected chi connectivity index (χ3v) is 2.66. The zero-order chi connectivity index (χ0) is 11.9. The summed E-state index contributed by atoms with van der Waals surface area (Å²) < 4.78 is 0. The van der Waals surface area contributed by atoms with Crippen molar-refractivity contribution >= 4 is 34.1 Å². The minimum absolute atomic E-state index is 0.00386. The van der Waals surface area contributed by atoms with E-state index in [9.17, 15) is 4.79 Å². The fraction of sp³-hybridized carbons (Fsp3) is 0.100. The molecule has 16 heavy (non-hydrogen) atoms. The summed E-state index contributed by atoms with van der Waals surface area (Å²) in [6.07, 6.45) is -1.74. The maximum absolute atomic E-state index is 11.7. The maximum atomic E-state index is 11.7. The number of pyridine rings is 1. The van der Waals surface area contributed by atoms with E-state index >= 15 is 0 Å². The summed E-state index contributed by atoms with van der Waals surface area (Å²) in [7, 11) is 0. The molecule has 0 fully saturated rings. The van der Waals surface area contributed by atoms with Gasteiger partial charge in [-0.3, -0.25) is 4.79 Å². The highest BCUT2D eigenvalue weighted by molar-refractivity contribution is 6.38. The van der Waals surface area contributed by atoms with Gasteiger partial charge in [0.1, 0.15) is 0 Å². The summed E-state index contributed by atoms with van der Waals surface area (Å²) in [5, 5.41) is 18.8. The molecule has 2 rings (SSSR count). The lowest BCUT2D eigenvalue weighted by Gasteiger charge is -2.07. The molecule has 1 aromatic carbocycles. The Labute approximate surface area is 100 Å². The molecule has 0 spiro atoms. The van der Waals surface area contributed by atoms with E-state index in [2.05, 4.69) is 4.98 Å². The SMILES string of the molecule is O=c1cc(C(O)O)[nH]c2cc(Cl)cc(Cl)c12. The van der Waals surface area contributed by atoms with Gasteiger partial charge in [-0.1, -0.05) is 23.2 Å². The molecule has 0 aliphatic rings. The zero-order valence-electron chi connectivity index (χ0n) is 7.87. The molecule has 0 amide bonds. The van der Waals surface area contributed by atoms with E-state index in [0.717, 1.165) is 6.07 Å². The normalized spacial score (nSPS) is 11.3. The molecule has 3 N–H and O–H groups in total. The van der Waals surface area contributed by atoms with Crippen LogP contribution in [0.15, 0.2) is 23.0 Å². The minimum atomic E-state index is -1.74. The van der Waals surface area contributed by atoms with Gasteiger partial charge < -0.3 is 15.2 Å². The summed E-state index contributed by atoms with van der Waals surface area (Å²) in [6, 6.07) is 4.04. The zero-order valence-corrected chi connectivity index (χ0v) is 9.38. The summed E-state index contributed by atoms with van der Waals surface area (Å²) in [4.78, 5) is 14.3. The van der Waals surface area contributed by atoms with E-state index in [1.165, 1.54) is 12.1 Å². The molecule has 1 aromatic heterocycles. The molecule has 0 aliphatic carbocycles. The molecule has 6 heteroatoms. The molecule has 0 saturated heterocycles. The Hall–Kier alpha value is -1.07. The van der Waals surface area contributed by atoms with Crippen molar-refractivity contribution in [2.45, 2.75) is 6.29 Å². The number of H-pyrrole nitrogens is 1. The van der Waals surface area contributed by atoms with Crippen LogP contribution in [0.1, 0.15) is 12.0 Å². The van der Waals surface area contributed by atoms with Gasteiger partial charge in [-0.05, 0) is 12.1 Å². The van der Waals surface area contributed by atoms with Crippen LogP contribution in [-0.2, 0) is 0 Å². The Kier molecular flexibility index (Phi) is 2.90. The first-order chi connectivity index (χ1) is 7.49. The van der Waals surface area contributed by atoms with Gasteiger partial charge in [-0.15, -0.1) is 0 Å². The molecule has 0 aliphatic heterocycles. The van der Waals surface area contributed by atoms with E-state index in [1.807, 2.05) is 0 Å². The number of benzene rings is 1. The minimum Gasteiger partial charge on any atom is -0.363 e. The molecule has 4 nitrogen and oxygen atoms in total. The molecule has 84 valence electrons. The second-order valence-electron chi connectivity index (χ2n) is 3.27. The third-order valence-electron chi connectivity index (χ3n) is 2.15. The Morgan fingerprint density at radius 2 is 1.88 bits per heavy atom. The molecule has 0 bridgehead atoms. The topological polar surface area (TPSA) is 73.3 Å². The number of hydrogen-bond donors (Lipinski definition) is 3. The van der Waals surface area contributed by atoms with Crippen molar-refractivity contribution in [1.82, 2.24) is 4.98 Å². The van der Waals surface area contributed by atoms with Crippen molar-refractivity contribution in [2.75, 3.05) is 0 Å². The number of aromatic amines is 1. The van der Waals surface area contributed by atoms with Gasteiger partial charge in [-0.2, -0.15) is 0 Å². The molecular formula is C10H7Cl2NO3. The summed E-state index contributed by atoms with van der Waals surface area (Å²) >= 11 is 11.6. The van der Waals surface area contributed by atoms with Gasteiger partial charge in [-0.25, -0.2) is 0 Å². The van der Waals surface area contributed by atoms with Crippen LogP contribution in [0.2, 0.25) is 10.0 Å². The van der Waals surface area contributed by atoms with Crippen LogP contribution < -0.4 is 5.43 Å². The lowest BCUT2D eigenvalue weighted by Crippen LogP contribution is -2.08.